The first-order chi connectivity index (χ1) is 22.9. The van der Waals surface area contributed by atoms with Gasteiger partial charge in [0, 0.05) is 19.3 Å². The number of ether oxygens (including phenoxy) is 3. The van der Waals surface area contributed by atoms with Crippen molar-refractivity contribution in [2.75, 3.05) is 34.4 Å². The molecule has 0 rings (SSSR count). The van der Waals surface area contributed by atoms with E-state index in [1.807, 2.05) is 21.0 Å². The number of rotatable bonds is 34. The first kappa shape index (κ1) is 44.9. The van der Waals surface area contributed by atoms with Crippen molar-refractivity contribution in [3.63, 3.8) is 0 Å². The zero-order valence-electron chi connectivity index (χ0n) is 31.1. The fraction of sp³-hybridized carbons (Fsp3) is 0.825. The van der Waals surface area contributed by atoms with Gasteiger partial charge in [-0.1, -0.05) is 75.7 Å². The van der Waals surface area contributed by atoms with Gasteiger partial charge in [0.15, 0.2) is 0 Å². The fourth-order valence-electron chi connectivity index (χ4n) is 5.60. The van der Waals surface area contributed by atoms with Crippen LogP contribution < -0.4 is 0 Å². The van der Waals surface area contributed by atoms with Gasteiger partial charge in [-0.3, -0.25) is 14.4 Å². The largest absolute Gasteiger partial charge is 0.469 e. The SMILES string of the molecule is CCOC(=O)CCCC/C=C\CCCCCCCCC(CCCCCCCC/C=C\CCCCC(=O)OC)OC(=O)CCCN(C)C. The van der Waals surface area contributed by atoms with Gasteiger partial charge < -0.3 is 19.1 Å². The molecule has 0 aromatic rings. The summed E-state index contributed by atoms with van der Waals surface area (Å²) in [5.74, 6) is -0.221. The molecule has 1 atom stereocenters. The van der Waals surface area contributed by atoms with Gasteiger partial charge in [0.05, 0.1) is 13.7 Å². The quantitative estimate of drug-likeness (QED) is 0.0293. The van der Waals surface area contributed by atoms with Crippen molar-refractivity contribution in [1.29, 1.82) is 0 Å². The molecular formula is C40H73NO6. The molecule has 0 amide bonds. The average molecular weight is 664 g/mol. The Balaban J connectivity index is 4.00. The van der Waals surface area contributed by atoms with Crippen LogP contribution in [0, 0.1) is 0 Å². The third kappa shape index (κ3) is 35.0. The molecule has 0 saturated heterocycles. The Morgan fingerprint density at radius 2 is 0.936 bits per heavy atom. The summed E-state index contributed by atoms with van der Waals surface area (Å²) in [6.07, 6.45) is 36.6. The molecule has 0 radical (unpaired) electrons. The number of esters is 3. The summed E-state index contributed by atoms with van der Waals surface area (Å²) < 4.78 is 15.6. The molecule has 7 heteroatoms. The number of carbonyl (C=O) groups is 3. The molecule has 0 aromatic heterocycles. The van der Waals surface area contributed by atoms with Gasteiger partial charge in [0.25, 0.3) is 0 Å². The Morgan fingerprint density at radius 1 is 0.532 bits per heavy atom. The van der Waals surface area contributed by atoms with Crippen LogP contribution in [0.5, 0.6) is 0 Å². The second-order valence-electron chi connectivity index (χ2n) is 13.2. The monoisotopic (exact) mass is 664 g/mol. The molecule has 0 fully saturated rings. The van der Waals surface area contributed by atoms with Crippen LogP contribution in [0.3, 0.4) is 0 Å². The number of hydrogen-bond donors (Lipinski definition) is 0. The van der Waals surface area contributed by atoms with Gasteiger partial charge in [-0.15, -0.1) is 0 Å². The number of nitrogens with zero attached hydrogens (tertiary/aromatic N) is 1. The van der Waals surface area contributed by atoms with Crippen molar-refractivity contribution in [3.8, 4) is 0 Å². The first-order valence-corrected chi connectivity index (χ1v) is 19.3. The molecule has 7 nitrogen and oxygen atoms in total. The Labute approximate surface area is 289 Å². The van der Waals surface area contributed by atoms with Crippen LogP contribution in [0.4, 0.5) is 0 Å². The maximum atomic E-state index is 12.5. The predicted molar refractivity (Wildman–Crippen MR) is 195 cm³/mol. The summed E-state index contributed by atoms with van der Waals surface area (Å²) in [6.45, 7) is 3.23. The van der Waals surface area contributed by atoms with Crippen LogP contribution in [-0.2, 0) is 28.6 Å². The van der Waals surface area contributed by atoms with E-state index in [0.29, 0.717) is 25.9 Å². The molecule has 0 bridgehead atoms. The number of methoxy groups -OCH3 is 1. The summed E-state index contributed by atoms with van der Waals surface area (Å²) in [4.78, 5) is 37.1. The highest BCUT2D eigenvalue weighted by Gasteiger charge is 2.14. The highest BCUT2D eigenvalue weighted by atomic mass is 16.5. The number of allylic oxidation sites excluding steroid dienone is 4. The minimum absolute atomic E-state index is 0.0274. The van der Waals surface area contributed by atoms with Gasteiger partial charge >= 0.3 is 17.9 Å². The maximum Gasteiger partial charge on any atom is 0.306 e. The van der Waals surface area contributed by atoms with Gasteiger partial charge in [-0.05, 0) is 124 Å². The van der Waals surface area contributed by atoms with Crippen molar-refractivity contribution >= 4 is 17.9 Å². The van der Waals surface area contributed by atoms with E-state index in [0.717, 1.165) is 90.0 Å². The van der Waals surface area contributed by atoms with Gasteiger partial charge in [0.1, 0.15) is 6.10 Å². The smallest absolute Gasteiger partial charge is 0.306 e. The number of unbranched alkanes of at least 4 members (excludes halogenated alkanes) is 16. The van der Waals surface area contributed by atoms with E-state index in [9.17, 15) is 14.4 Å². The number of carbonyl (C=O) groups excluding carboxylic acids is 3. The predicted octanol–water partition coefficient (Wildman–Crippen LogP) is 10.5. The zero-order chi connectivity index (χ0) is 34.6. The minimum atomic E-state index is -0.114. The molecule has 47 heavy (non-hydrogen) atoms. The molecular weight excluding hydrogens is 590 g/mol. The maximum absolute atomic E-state index is 12.5. The lowest BCUT2D eigenvalue weighted by Crippen LogP contribution is -2.20. The third-order valence-corrected chi connectivity index (χ3v) is 8.45. The molecule has 1 unspecified atom stereocenters. The van der Waals surface area contributed by atoms with Crippen LogP contribution in [0.15, 0.2) is 24.3 Å². The molecule has 0 aromatic carbocycles. The highest BCUT2D eigenvalue weighted by molar-refractivity contribution is 5.69. The van der Waals surface area contributed by atoms with Crippen molar-refractivity contribution in [1.82, 2.24) is 4.90 Å². The van der Waals surface area contributed by atoms with Crippen molar-refractivity contribution in [3.05, 3.63) is 24.3 Å². The third-order valence-electron chi connectivity index (χ3n) is 8.45. The highest BCUT2D eigenvalue weighted by Crippen LogP contribution is 2.18. The van der Waals surface area contributed by atoms with Crippen LogP contribution in [0.25, 0.3) is 0 Å². The van der Waals surface area contributed by atoms with E-state index >= 15 is 0 Å². The molecule has 0 heterocycles. The second-order valence-corrected chi connectivity index (χ2v) is 13.2. The Morgan fingerprint density at radius 3 is 1.38 bits per heavy atom. The van der Waals surface area contributed by atoms with Crippen molar-refractivity contribution < 1.29 is 28.6 Å². The Kier molecular flexibility index (Phi) is 33.6. The van der Waals surface area contributed by atoms with Gasteiger partial charge in [-0.2, -0.15) is 0 Å². The van der Waals surface area contributed by atoms with Gasteiger partial charge in [0.2, 0.25) is 0 Å². The van der Waals surface area contributed by atoms with E-state index in [2.05, 4.69) is 33.9 Å². The van der Waals surface area contributed by atoms with Crippen LogP contribution in [-0.4, -0.2) is 63.3 Å². The van der Waals surface area contributed by atoms with Crippen LogP contribution >= 0.6 is 0 Å². The summed E-state index contributed by atoms with van der Waals surface area (Å²) in [6, 6.07) is 0. The second kappa shape index (κ2) is 35.2. The molecule has 0 spiro atoms. The van der Waals surface area contributed by atoms with E-state index in [-0.39, 0.29) is 24.0 Å². The summed E-state index contributed by atoms with van der Waals surface area (Å²) in [5, 5.41) is 0. The Hall–Kier alpha value is -2.15. The molecule has 0 aliphatic carbocycles. The topological polar surface area (TPSA) is 82.1 Å². The summed E-state index contributed by atoms with van der Waals surface area (Å²) >= 11 is 0. The summed E-state index contributed by atoms with van der Waals surface area (Å²) in [5.41, 5.74) is 0. The van der Waals surface area contributed by atoms with Crippen molar-refractivity contribution in [2.24, 2.45) is 0 Å². The van der Waals surface area contributed by atoms with E-state index in [1.165, 1.54) is 71.3 Å². The van der Waals surface area contributed by atoms with E-state index in [1.54, 1.807) is 0 Å². The van der Waals surface area contributed by atoms with Gasteiger partial charge in [-0.25, -0.2) is 0 Å². The van der Waals surface area contributed by atoms with Crippen molar-refractivity contribution in [2.45, 2.75) is 180 Å². The normalized spacial score (nSPS) is 12.3. The molecule has 0 aliphatic heterocycles. The lowest BCUT2D eigenvalue weighted by atomic mass is 10.0. The van der Waals surface area contributed by atoms with E-state index < -0.39 is 0 Å². The lowest BCUT2D eigenvalue weighted by Gasteiger charge is -2.18. The zero-order valence-corrected chi connectivity index (χ0v) is 31.1. The standard InChI is InChI=1S/C40H73NO6/c1-5-46-39(43)34-29-25-21-17-13-9-7-11-15-19-23-27-32-37(47-40(44)35-30-36-41(2)3)31-26-22-18-14-10-6-8-12-16-20-24-28-33-38(42)45-4/h12-13,16-17,37H,5-11,14-15,18-36H2,1-4H3/b16-12-,17-13-. The fourth-order valence-corrected chi connectivity index (χ4v) is 5.60. The summed E-state index contributed by atoms with van der Waals surface area (Å²) in [7, 11) is 5.52. The molecule has 0 saturated carbocycles. The van der Waals surface area contributed by atoms with Crippen LogP contribution in [0.1, 0.15) is 174 Å². The molecule has 0 aliphatic rings. The first-order valence-electron chi connectivity index (χ1n) is 19.3. The van der Waals surface area contributed by atoms with E-state index in [4.69, 9.17) is 9.47 Å². The average Bonchev–Trinajstić information content (AvgIpc) is 3.04. The number of hydrogen-bond acceptors (Lipinski definition) is 7. The van der Waals surface area contributed by atoms with Crippen LogP contribution in [0.2, 0.25) is 0 Å². The molecule has 274 valence electrons. The molecule has 0 N–H and O–H groups in total. The minimum Gasteiger partial charge on any atom is -0.469 e. The lowest BCUT2D eigenvalue weighted by molar-refractivity contribution is -0.150. The Bertz CT molecular complexity index is 794.